The van der Waals surface area contributed by atoms with Crippen LogP contribution < -0.4 is 9.47 Å². The summed E-state index contributed by atoms with van der Waals surface area (Å²) in [7, 11) is 1.59. The van der Waals surface area contributed by atoms with Crippen molar-refractivity contribution in [1.82, 2.24) is 9.97 Å². The number of hydrogen-bond acceptors (Lipinski definition) is 4. The van der Waals surface area contributed by atoms with Crippen molar-refractivity contribution >= 4 is 38.6 Å². The van der Waals surface area contributed by atoms with Crippen LogP contribution in [0.1, 0.15) is 22.5 Å². The lowest BCUT2D eigenvalue weighted by Gasteiger charge is -2.14. The molecule has 4 rings (SSSR count). The first-order chi connectivity index (χ1) is 15.1. The van der Waals surface area contributed by atoms with Crippen molar-refractivity contribution in [1.29, 1.82) is 5.26 Å². The topological polar surface area (TPSA) is 70.9 Å². The molecule has 1 heterocycles. The van der Waals surface area contributed by atoms with Crippen LogP contribution in [-0.2, 0) is 6.61 Å². The van der Waals surface area contributed by atoms with Gasteiger partial charge in [0.1, 0.15) is 18.5 Å². The number of imidazole rings is 1. The number of hydrogen-bond donors (Lipinski definition) is 1. The van der Waals surface area contributed by atoms with E-state index in [2.05, 4.69) is 32.0 Å². The number of nitriles is 1. The summed E-state index contributed by atoms with van der Waals surface area (Å²) in [5.74, 6) is 1.72. The number of aryl methyl sites for hydroxylation is 1. The number of fused-ring (bicyclic) bond motifs is 1. The van der Waals surface area contributed by atoms with Gasteiger partial charge in [0, 0.05) is 0 Å². The Morgan fingerprint density at radius 3 is 2.71 bits per heavy atom. The van der Waals surface area contributed by atoms with E-state index in [9.17, 15) is 5.26 Å². The molecule has 0 fully saturated rings. The van der Waals surface area contributed by atoms with Crippen molar-refractivity contribution < 1.29 is 9.47 Å². The molecule has 154 valence electrons. The molecule has 0 atom stereocenters. The number of halogens is 1. The van der Waals surface area contributed by atoms with Gasteiger partial charge in [0.15, 0.2) is 11.5 Å². The van der Waals surface area contributed by atoms with Gasteiger partial charge in [-0.15, -0.1) is 0 Å². The summed E-state index contributed by atoms with van der Waals surface area (Å²) in [6.45, 7) is 2.44. The van der Waals surface area contributed by atoms with E-state index in [4.69, 9.17) is 9.47 Å². The Bertz CT molecular complexity index is 1300. The number of aromatic nitrogens is 2. The highest BCUT2D eigenvalue weighted by Gasteiger charge is 2.13. The van der Waals surface area contributed by atoms with Gasteiger partial charge in [-0.25, -0.2) is 4.98 Å². The standard InChI is InChI=1S/C25H20BrN3O2/c1-16-8-9-21-22(10-16)29-25(28-21)19(14-27)11-18-12-20(26)24(23(13-18)30-2)31-15-17-6-4-3-5-7-17/h3-13H,15H2,1-2H3,(H,28,29)/b19-11+. The number of nitrogens with one attached hydrogen (secondary N) is 1. The molecule has 0 saturated carbocycles. The number of methoxy groups -OCH3 is 1. The number of H-pyrrole nitrogens is 1. The first-order valence-corrected chi connectivity index (χ1v) is 10.5. The van der Waals surface area contributed by atoms with E-state index >= 15 is 0 Å². The van der Waals surface area contributed by atoms with Crippen molar-refractivity contribution in [3.05, 3.63) is 87.7 Å². The summed E-state index contributed by atoms with van der Waals surface area (Å²) in [6, 6.07) is 21.9. The molecule has 3 aromatic carbocycles. The minimum atomic E-state index is 0.423. The maximum absolute atomic E-state index is 9.74. The van der Waals surface area contributed by atoms with Crippen LogP contribution >= 0.6 is 15.9 Å². The summed E-state index contributed by atoms with van der Waals surface area (Å²) < 4.78 is 12.3. The van der Waals surface area contributed by atoms with Crippen molar-refractivity contribution in [2.75, 3.05) is 7.11 Å². The van der Waals surface area contributed by atoms with Crippen molar-refractivity contribution in [3.63, 3.8) is 0 Å². The van der Waals surface area contributed by atoms with Gasteiger partial charge in [-0.05, 0) is 69.9 Å². The molecule has 4 aromatic rings. The molecule has 0 unspecified atom stereocenters. The number of rotatable bonds is 6. The third-order valence-electron chi connectivity index (χ3n) is 4.80. The summed E-state index contributed by atoms with van der Waals surface area (Å²) in [6.07, 6.45) is 1.78. The number of nitrogens with zero attached hydrogens (tertiary/aromatic N) is 2. The molecule has 0 aliphatic heterocycles. The van der Waals surface area contributed by atoms with Crippen LogP contribution in [0.5, 0.6) is 11.5 Å². The quantitative estimate of drug-likeness (QED) is 0.334. The summed E-state index contributed by atoms with van der Waals surface area (Å²) in [5.41, 5.74) is 5.15. The first-order valence-electron chi connectivity index (χ1n) is 9.70. The maximum atomic E-state index is 9.74. The zero-order valence-corrected chi connectivity index (χ0v) is 18.7. The molecule has 0 saturated heterocycles. The first kappa shape index (κ1) is 20.7. The van der Waals surface area contributed by atoms with E-state index in [0.717, 1.165) is 32.2 Å². The van der Waals surface area contributed by atoms with Gasteiger partial charge in [0.05, 0.1) is 28.2 Å². The molecule has 6 heteroatoms. The molecule has 1 N–H and O–H groups in total. The van der Waals surface area contributed by atoms with Crippen molar-refractivity contribution in [3.8, 4) is 17.6 Å². The van der Waals surface area contributed by atoms with Gasteiger partial charge in [-0.1, -0.05) is 36.4 Å². The lowest BCUT2D eigenvalue weighted by atomic mass is 10.1. The third-order valence-corrected chi connectivity index (χ3v) is 5.39. The van der Waals surface area contributed by atoms with E-state index < -0.39 is 0 Å². The van der Waals surface area contributed by atoms with Crippen molar-refractivity contribution in [2.24, 2.45) is 0 Å². The number of allylic oxidation sites excluding steroid dienone is 1. The summed E-state index contributed by atoms with van der Waals surface area (Å²) in [5, 5.41) is 9.74. The van der Waals surface area contributed by atoms with Crippen LogP contribution in [-0.4, -0.2) is 17.1 Å². The number of aromatic amines is 1. The van der Waals surface area contributed by atoms with Gasteiger partial charge >= 0.3 is 0 Å². The zero-order valence-electron chi connectivity index (χ0n) is 17.1. The SMILES string of the molecule is COc1cc(/C=C(\C#N)c2nc3ccc(C)cc3[nH]2)cc(Br)c1OCc1ccccc1. The molecule has 0 aliphatic carbocycles. The van der Waals surface area contributed by atoms with Gasteiger partial charge < -0.3 is 14.5 Å². The molecule has 0 aliphatic rings. The highest BCUT2D eigenvalue weighted by molar-refractivity contribution is 9.10. The van der Waals surface area contributed by atoms with Crippen LogP contribution in [0.25, 0.3) is 22.7 Å². The fraction of sp³-hybridized carbons (Fsp3) is 0.120. The smallest absolute Gasteiger partial charge is 0.175 e. The highest BCUT2D eigenvalue weighted by atomic mass is 79.9. The Balaban J connectivity index is 1.65. The summed E-state index contributed by atoms with van der Waals surface area (Å²) >= 11 is 3.58. The largest absolute Gasteiger partial charge is 0.493 e. The molecule has 0 radical (unpaired) electrons. The Labute approximate surface area is 189 Å². The van der Waals surface area contributed by atoms with Gasteiger partial charge in [-0.3, -0.25) is 0 Å². The zero-order chi connectivity index (χ0) is 21.8. The normalized spacial score (nSPS) is 11.4. The molecule has 1 aromatic heterocycles. The van der Waals surface area contributed by atoms with E-state index in [0.29, 0.717) is 29.5 Å². The molecular weight excluding hydrogens is 454 g/mol. The van der Waals surface area contributed by atoms with E-state index in [-0.39, 0.29) is 0 Å². The van der Waals surface area contributed by atoms with Crippen LogP contribution in [0, 0.1) is 18.3 Å². The van der Waals surface area contributed by atoms with Crippen molar-refractivity contribution in [2.45, 2.75) is 13.5 Å². The Morgan fingerprint density at radius 1 is 1.16 bits per heavy atom. The van der Waals surface area contributed by atoms with Gasteiger partial charge in [0.25, 0.3) is 0 Å². The highest BCUT2D eigenvalue weighted by Crippen LogP contribution is 2.38. The Morgan fingerprint density at radius 2 is 1.97 bits per heavy atom. The van der Waals surface area contributed by atoms with E-state index in [1.165, 1.54) is 0 Å². The van der Waals surface area contributed by atoms with Crippen LogP contribution in [0.15, 0.2) is 65.1 Å². The average Bonchev–Trinajstić information content (AvgIpc) is 3.20. The second kappa shape index (κ2) is 9.07. The molecule has 0 spiro atoms. The monoisotopic (exact) mass is 473 g/mol. The second-order valence-corrected chi connectivity index (χ2v) is 7.94. The lowest BCUT2D eigenvalue weighted by molar-refractivity contribution is 0.282. The molecule has 31 heavy (non-hydrogen) atoms. The second-order valence-electron chi connectivity index (χ2n) is 7.08. The Hall–Kier alpha value is -3.56. The van der Waals surface area contributed by atoms with Crippen LogP contribution in [0.4, 0.5) is 0 Å². The minimum Gasteiger partial charge on any atom is -0.493 e. The fourth-order valence-corrected chi connectivity index (χ4v) is 3.84. The minimum absolute atomic E-state index is 0.423. The number of ether oxygens (including phenoxy) is 2. The molecular formula is C25H20BrN3O2. The van der Waals surface area contributed by atoms with E-state index in [1.54, 1.807) is 13.2 Å². The molecule has 5 nitrogen and oxygen atoms in total. The van der Waals surface area contributed by atoms with Crippen LogP contribution in [0.3, 0.4) is 0 Å². The molecule has 0 amide bonds. The van der Waals surface area contributed by atoms with Gasteiger partial charge in [-0.2, -0.15) is 5.26 Å². The Kier molecular flexibility index (Phi) is 6.06. The maximum Gasteiger partial charge on any atom is 0.175 e. The lowest BCUT2D eigenvalue weighted by Crippen LogP contribution is -1.99. The van der Waals surface area contributed by atoms with Crippen LogP contribution in [0.2, 0.25) is 0 Å². The number of benzene rings is 3. The van der Waals surface area contributed by atoms with Gasteiger partial charge in [0.2, 0.25) is 0 Å². The fourth-order valence-electron chi connectivity index (χ4n) is 3.26. The van der Waals surface area contributed by atoms with E-state index in [1.807, 2.05) is 67.6 Å². The predicted octanol–water partition coefficient (Wildman–Crippen LogP) is 6.29. The third kappa shape index (κ3) is 4.62. The molecule has 0 bridgehead atoms. The predicted molar refractivity (Wildman–Crippen MR) is 126 cm³/mol. The average molecular weight is 474 g/mol. The summed E-state index contributed by atoms with van der Waals surface area (Å²) in [4.78, 5) is 7.78.